The van der Waals surface area contributed by atoms with Crippen LogP contribution in [0.25, 0.3) is 0 Å². The van der Waals surface area contributed by atoms with Gasteiger partial charge in [0.25, 0.3) is 0 Å². The van der Waals surface area contributed by atoms with Gasteiger partial charge in [-0.25, -0.2) is 0 Å². The largest absolute Gasteiger partial charge is 0.481 e. The van der Waals surface area contributed by atoms with Gasteiger partial charge in [0.05, 0.1) is 6.42 Å². The maximum atomic E-state index is 12.0. The van der Waals surface area contributed by atoms with Crippen LogP contribution in [-0.2, 0) is 14.3 Å². The fourth-order valence-electron chi connectivity index (χ4n) is 2.43. The lowest BCUT2D eigenvalue weighted by Gasteiger charge is -2.18. The van der Waals surface area contributed by atoms with Gasteiger partial charge in [0, 0.05) is 0 Å². The van der Waals surface area contributed by atoms with Crippen LogP contribution in [0.1, 0.15) is 33.1 Å². The molecule has 3 unspecified atom stereocenters. The predicted octanol–water partition coefficient (Wildman–Crippen LogP) is 1.22. The van der Waals surface area contributed by atoms with Gasteiger partial charge in [-0.05, 0) is 38.3 Å². The van der Waals surface area contributed by atoms with Crippen molar-refractivity contribution in [3.63, 3.8) is 0 Å². The number of carbonyl (C=O) groups is 2. The van der Waals surface area contributed by atoms with Crippen LogP contribution in [0.2, 0.25) is 0 Å². The first-order chi connectivity index (χ1) is 8.86. The number of hydrogen-bond donors (Lipinski definition) is 2. The van der Waals surface area contributed by atoms with E-state index in [1.165, 1.54) is 6.08 Å². The van der Waals surface area contributed by atoms with Gasteiger partial charge in [-0.1, -0.05) is 11.6 Å². The highest BCUT2D eigenvalue weighted by atomic mass is 16.6. The molecule has 5 nitrogen and oxygen atoms in total. The van der Waals surface area contributed by atoms with E-state index in [1.54, 1.807) is 13.0 Å². The third-order valence-corrected chi connectivity index (χ3v) is 3.78. The first kappa shape index (κ1) is 14.0. The van der Waals surface area contributed by atoms with Gasteiger partial charge >= 0.3 is 5.97 Å². The summed E-state index contributed by atoms with van der Waals surface area (Å²) in [5, 5.41) is 18.5. The van der Waals surface area contributed by atoms with Gasteiger partial charge < -0.3 is 14.9 Å². The third-order valence-electron chi connectivity index (χ3n) is 3.78. The summed E-state index contributed by atoms with van der Waals surface area (Å²) in [6.45, 7) is 3.55. The zero-order valence-electron chi connectivity index (χ0n) is 11.0. The topological polar surface area (TPSA) is 87.1 Å². The van der Waals surface area contributed by atoms with Crippen LogP contribution >= 0.6 is 0 Å². The molecule has 5 heteroatoms. The lowest BCUT2D eigenvalue weighted by Crippen LogP contribution is -2.36. The Morgan fingerprint density at radius 2 is 2.26 bits per heavy atom. The molecular formula is C14H18O5. The minimum Gasteiger partial charge on any atom is -0.481 e. The minimum atomic E-state index is -0.878. The van der Waals surface area contributed by atoms with Crippen molar-refractivity contribution >= 4 is 11.8 Å². The minimum absolute atomic E-state index is 0.0152. The third kappa shape index (κ3) is 2.62. The number of hydrogen-bond acceptors (Lipinski definition) is 4. The molecule has 0 radical (unpaired) electrons. The van der Waals surface area contributed by atoms with E-state index < -0.39 is 23.8 Å². The van der Waals surface area contributed by atoms with Crippen LogP contribution in [0.4, 0.5) is 0 Å². The molecule has 104 valence electrons. The molecule has 1 fully saturated rings. The van der Waals surface area contributed by atoms with Gasteiger partial charge in [-0.2, -0.15) is 0 Å². The standard InChI is InChI=1S/C14H18O5/c1-8(3-4-11(16)17)5-6-14-10(15)7-9(2)12(18)13(14)19-14/h3,7,12-13,18H,4-6H2,1-2H3,(H,16,17). The van der Waals surface area contributed by atoms with E-state index in [4.69, 9.17) is 9.84 Å². The second kappa shape index (κ2) is 4.90. The number of carboxylic acid groups (broad SMARTS) is 1. The van der Waals surface area contributed by atoms with Crippen molar-refractivity contribution in [2.24, 2.45) is 0 Å². The van der Waals surface area contributed by atoms with Crippen LogP contribution in [-0.4, -0.2) is 39.8 Å². The van der Waals surface area contributed by atoms with Gasteiger partial charge in [0.2, 0.25) is 0 Å². The van der Waals surface area contributed by atoms with E-state index >= 15 is 0 Å². The average molecular weight is 266 g/mol. The number of aliphatic carboxylic acids is 1. The number of ether oxygens (including phenoxy) is 1. The molecule has 19 heavy (non-hydrogen) atoms. The van der Waals surface area contributed by atoms with Crippen LogP contribution in [0.3, 0.4) is 0 Å². The summed E-state index contributed by atoms with van der Waals surface area (Å²) in [6, 6.07) is 0. The van der Waals surface area contributed by atoms with E-state index in [0.29, 0.717) is 18.4 Å². The zero-order chi connectivity index (χ0) is 14.2. The molecule has 0 saturated carbocycles. The van der Waals surface area contributed by atoms with E-state index in [-0.39, 0.29) is 12.2 Å². The molecule has 0 aromatic heterocycles. The summed E-state index contributed by atoms with van der Waals surface area (Å²) < 4.78 is 5.44. The zero-order valence-corrected chi connectivity index (χ0v) is 11.0. The Morgan fingerprint density at radius 3 is 2.89 bits per heavy atom. The second-order valence-corrected chi connectivity index (χ2v) is 5.27. The van der Waals surface area contributed by atoms with Crippen LogP contribution < -0.4 is 0 Å². The molecule has 1 saturated heterocycles. The van der Waals surface area contributed by atoms with E-state index in [1.807, 2.05) is 6.92 Å². The van der Waals surface area contributed by atoms with Crippen molar-refractivity contribution in [1.29, 1.82) is 0 Å². The van der Waals surface area contributed by atoms with Crippen molar-refractivity contribution in [2.75, 3.05) is 0 Å². The Balaban J connectivity index is 1.96. The Kier molecular flexibility index (Phi) is 3.60. The number of aliphatic hydroxyl groups is 1. The average Bonchev–Trinajstić information content (AvgIpc) is 3.08. The van der Waals surface area contributed by atoms with E-state index in [0.717, 1.165) is 5.57 Å². The summed E-state index contributed by atoms with van der Waals surface area (Å²) in [4.78, 5) is 22.4. The number of ketones is 1. The lowest BCUT2D eigenvalue weighted by atomic mass is 9.83. The van der Waals surface area contributed by atoms with Crippen LogP contribution in [0.5, 0.6) is 0 Å². The lowest BCUT2D eigenvalue weighted by molar-refractivity contribution is -0.136. The quantitative estimate of drug-likeness (QED) is 0.577. The highest BCUT2D eigenvalue weighted by Crippen LogP contribution is 2.48. The molecule has 3 atom stereocenters. The van der Waals surface area contributed by atoms with Crippen molar-refractivity contribution in [3.8, 4) is 0 Å². The SMILES string of the molecule is CC(=CCC(=O)O)CCC12OC1C(O)C(C)=CC2=O. The summed E-state index contributed by atoms with van der Waals surface area (Å²) in [5.74, 6) is -0.966. The fourth-order valence-corrected chi connectivity index (χ4v) is 2.43. The van der Waals surface area contributed by atoms with Gasteiger partial charge in [0.15, 0.2) is 11.4 Å². The molecule has 1 aliphatic heterocycles. The van der Waals surface area contributed by atoms with Crippen molar-refractivity contribution in [1.82, 2.24) is 0 Å². The number of carboxylic acids is 1. The number of rotatable bonds is 5. The number of fused-ring (bicyclic) bond motifs is 1. The summed E-state index contributed by atoms with van der Waals surface area (Å²) in [5.41, 5.74) is 0.679. The Labute approximate surface area is 111 Å². The first-order valence-corrected chi connectivity index (χ1v) is 6.33. The van der Waals surface area contributed by atoms with Gasteiger partial charge in [-0.15, -0.1) is 0 Å². The highest BCUT2D eigenvalue weighted by molar-refractivity contribution is 6.01. The second-order valence-electron chi connectivity index (χ2n) is 5.27. The van der Waals surface area contributed by atoms with Crippen molar-refractivity contribution in [2.45, 2.75) is 50.9 Å². The van der Waals surface area contributed by atoms with Crippen molar-refractivity contribution < 1.29 is 24.5 Å². The molecule has 0 spiro atoms. The van der Waals surface area contributed by atoms with Crippen molar-refractivity contribution in [3.05, 3.63) is 23.3 Å². The molecule has 0 bridgehead atoms. The normalized spacial score (nSPS) is 33.7. The molecule has 0 aromatic carbocycles. The molecule has 1 aliphatic carbocycles. The molecular weight excluding hydrogens is 248 g/mol. The summed E-state index contributed by atoms with van der Waals surface area (Å²) in [7, 11) is 0. The van der Waals surface area contributed by atoms with E-state index in [9.17, 15) is 14.7 Å². The number of allylic oxidation sites excluding steroid dienone is 1. The molecule has 2 N–H and O–H groups in total. The first-order valence-electron chi connectivity index (χ1n) is 6.33. The molecule has 2 aliphatic rings. The van der Waals surface area contributed by atoms with Gasteiger partial charge in [-0.3, -0.25) is 9.59 Å². The summed E-state index contributed by atoms with van der Waals surface area (Å²) in [6.07, 6.45) is 3.01. The molecule has 1 heterocycles. The number of aliphatic hydroxyl groups excluding tert-OH is 1. The van der Waals surface area contributed by atoms with Crippen LogP contribution in [0, 0.1) is 0 Å². The maximum absolute atomic E-state index is 12.0. The number of epoxide rings is 1. The predicted molar refractivity (Wildman–Crippen MR) is 67.6 cm³/mol. The maximum Gasteiger partial charge on any atom is 0.307 e. The molecule has 0 amide bonds. The smallest absolute Gasteiger partial charge is 0.307 e. The highest BCUT2D eigenvalue weighted by Gasteiger charge is 2.65. The Morgan fingerprint density at radius 1 is 1.58 bits per heavy atom. The van der Waals surface area contributed by atoms with Crippen LogP contribution in [0.15, 0.2) is 23.3 Å². The Bertz CT molecular complexity index is 476. The summed E-state index contributed by atoms with van der Waals surface area (Å²) >= 11 is 0. The monoisotopic (exact) mass is 266 g/mol. The molecule has 2 rings (SSSR count). The van der Waals surface area contributed by atoms with E-state index in [2.05, 4.69) is 0 Å². The number of carbonyl (C=O) groups excluding carboxylic acids is 1. The van der Waals surface area contributed by atoms with Gasteiger partial charge in [0.1, 0.15) is 12.2 Å². The fraction of sp³-hybridized carbons (Fsp3) is 0.571. The molecule has 0 aromatic rings. The Hall–Kier alpha value is -1.46.